The highest BCUT2D eigenvalue weighted by atomic mass is 16.2. The van der Waals surface area contributed by atoms with E-state index in [1.807, 2.05) is 0 Å². The number of carbonyl (C=O) groups is 2. The molecule has 0 radical (unpaired) electrons. The third-order valence-electron chi connectivity index (χ3n) is 4.62. The Bertz CT molecular complexity index is 330. The van der Waals surface area contributed by atoms with Gasteiger partial charge >= 0.3 is 0 Å². The van der Waals surface area contributed by atoms with E-state index in [1.165, 1.54) is 0 Å². The van der Waals surface area contributed by atoms with Gasteiger partial charge in [-0.05, 0) is 51.4 Å². The number of primary amides is 1. The summed E-state index contributed by atoms with van der Waals surface area (Å²) in [6.07, 6.45) is 7.05. The molecule has 2 amide bonds. The number of rotatable bonds is 3. The Morgan fingerprint density at radius 2 is 1.37 bits per heavy atom. The van der Waals surface area contributed by atoms with Gasteiger partial charge in [0.2, 0.25) is 11.8 Å². The first-order valence-electron chi connectivity index (χ1n) is 7.41. The second kappa shape index (κ2) is 6.37. The topological polar surface area (TPSA) is 98.2 Å². The minimum atomic E-state index is -0.203. The Hall–Kier alpha value is -1.10. The lowest BCUT2D eigenvalue weighted by Gasteiger charge is -2.30. The average molecular weight is 267 g/mol. The monoisotopic (exact) mass is 267 g/mol. The smallest absolute Gasteiger partial charge is 0.223 e. The van der Waals surface area contributed by atoms with Gasteiger partial charge in [0, 0.05) is 23.9 Å². The molecule has 19 heavy (non-hydrogen) atoms. The first-order valence-corrected chi connectivity index (χ1v) is 7.41. The van der Waals surface area contributed by atoms with Crippen LogP contribution in [0, 0.1) is 11.8 Å². The van der Waals surface area contributed by atoms with Crippen LogP contribution < -0.4 is 16.8 Å². The molecule has 2 rings (SSSR count). The molecule has 0 bridgehead atoms. The van der Waals surface area contributed by atoms with Crippen LogP contribution in [-0.4, -0.2) is 23.9 Å². The van der Waals surface area contributed by atoms with Crippen LogP contribution in [-0.2, 0) is 9.59 Å². The molecule has 2 fully saturated rings. The molecule has 5 heteroatoms. The Kier molecular flexibility index (Phi) is 4.80. The summed E-state index contributed by atoms with van der Waals surface area (Å²) in [6.45, 7) is 0. The first kappa shape index (κ1) is 14.3. The standard InChI is InChI=1S/C14H25N3O2/c15-11-5-1-10(2-6-11)14(19)17-12-7-3-9(4-8-12)13(16)18/h9-12H,1-8,15H2,(H2,16,18)(H,17,19). The molecule has 5 nitrogen and oxygen atoms in total. The number of carbonyl (C=O) groups excluding carboxylic acids is 2. The normalized spacial score (nSPS) is 35.6. The van der Waals surface area contributed by atoms with Crippen molar-refractivity contribution >= 4 is 11.8 Å². The summed E-state index contributed by atoms with van der Waals surface area (Å²) in [5, 5.41) is 3.13. The van der Waals surface area contributed by atoms with E-state index < -0.39 is 0 Å². The zero-order valence-electron chi connectivity index (χ0n) is 11.4. The van der Waals surface area contributed by atoms with E-state index in [-0.39, 0.29) is 35.7 Å². The van der Waals surface area contributed by atoms with Crippen LogP contribution in [0.5, 0.6) is 0 Å². The number of hydrogen-bond donors (Lipinski definition) is 3. The molecule has 108 valence electrons. The minimum absolute atomic E-state index is 0.000769. The summed E-state index contributed by atoms with van der Waals surface area (Å²) >= 11 is 0. The van der Waals surface area contributed by atoms with Crippen LogP contribution in [0.2, 0.25) is 0 Å². The molecule has 0 aromatic carbocycles. The molecule has 0 saturated heterocycles. The van der Waals surface area contributed by atoms with Crippen molar-refractivity contribution in [2.24, 2.45) is 23.3 Å². The van der Waals surface area contributed by atoms with Gasteiger partial charge in [0.05, 0.1) is 0 Å². The lowest BCUT2D eigenvalue weighted by atomic mass is 9.83. The van der Waals surface area contributed by atoms with Gasteiger partial charge in [0.25, 0.3) is 0 Å². The Morgan fingerprint density at radius 3 is 1.89 bits per heavy atom. The Morgan fingerprint density at radius 1 is 0.842 bits per heavy atom. The summed E-state index contributed by atoms with van der Waals surface area (Å²) in [6, 6.07) is 0.494. The van der Waals surface area contributed by atoms with Gasteiger partial charge < -0.3 is 16.8 Å². The second-order valence-electron chi connectivity index (χ2n) is 6.07. The molecule has 2 saturated carbocycles. The molecule has 5 N–H and O–H groups in total. The lowest BCUT2D eigenvalue weighted by Crippen LogP contribution is -2.43. The molecule has 0 unspecified atom stereocenters. The fraction of sp³-hybridized carbons (Fsp3) is 0.857. The zero-order chi connectivity index (χ0) is 13.8. The first-order chi connectivity index (χ1) is 9.06. The van der Waals surface area contributed by atoms with E-state index in [9.17, 15) is 9.59 Å². The van der Waals surface area contributed by atoms with Crippen molar-refractivity contribution in [2.45, 2.75) is 63.5 Å². The maximum atomic E-state index is 12.1. The van der Waals surface area contributed by atoms with Gasteiger partial charge in [-0.2, -0.15) is 0 Å². The maximum absolute atomic E-state index is 12.1. The van der Waals surface area contributed by atoms with E-state index in [0.717, 1.165) is 51.4 Å². The predicted molar refractivity (Wildman–Crippen MR) is 73.0 cm³/mol. The van der Waals surface area contributed by atoms with Crippen molar-refractivity contribution in [1.82, 2.24) is 5.32 Å². The average Bonchev–Trinajstić information content (AvgIpc) is 2.40. The number of amides is 2. The van der Waals surface area contributed by atoms with Gasteiger partial charge in [-0.15, -0.1) is 0 Å². The third kappa shape index (κ3) is 3.93. The van der Waals surface area contributed by atoms with E-state index in [0.29, 0.717) is 0 Å². The quantitative estimate of drug-likeness (QED) is 0.700. The van der Waals surface area contributed by atoms with E-state index >= 15 is 0 Å². The number of hydrogen-bond acceptors (Lipinski definition) is 3. The van der Waals surface area contributed by atoms with Crippen molar-refractivity contribution < 1.29 is 9.59 Å². The second-order valence-corrected chi connectivity index (χ2v) is 6.07. The molecule has 0 heterocycles. The lowest BCUT2D eigenvalue weighted by molar-refractivity contribution is -0.127. The van der Waals surface area contributed by atoms with Crippen molar-refractivity contribution in [3.8, 4) is 0 Å². The largest absolute Gasteiger partial charge is 0.369 e. The van der Waals surface area contributed by atoms with Gasteiger partial charge in [0.15, 0.2) is 0 Å². The van der Waals surface area contributed by atoms with Crippen LogP contribution in [0.15, 0.2) is 0 Å². The minimum Gasteiger partial charge on any atom is -0.369 e. The fourth-order valence-electron chi connectivity index (χ4n) is 3.22. The molecule has 2 aliphatic rings. The highest BCUT2D eigenvalue weighted by Gasteiger charge is 2.29. The van der Waals surface area contributed by atoms with Gasteiger partial charge in [-0.1, -0.05) is 0 Å². The van der Waals surface area contributed by atoms with Crippen molar-refractivity contribution in [2.75, 3.05) is 0 Å². The maximum Gasteiger partial charge on any atom is 0.223 e. The van der Waals surface area contributed by atoms with Crippen molar-refractivity contribution in [1.29, 1.82) is 0 Å². The van der Waals surface area contributed by atoms with Crippen molar-refractivity contribution in [3.05, 3.63) is 0 Å². The van der Waals surface area contributed by atoms with E-state index in [1.54, 1.807) is 0 Å². The molecule has 0 aliphatic heterocycles. The molecular weight excluding hydrogens is 242 g/mol. The van der Waals surface area contributed by atoms with E-state index in [2.05, 4.69) is 5.32 Å². The van der Waals surface area contributed by atoms with Crippen LogP contribution >= 0.6 is 0 Å². The van der Waals surface area contributed by atoms with Crippen LogP contribution in [0.1, 0.15) is 51.4 Å². The number of nitrogens with two attached hydrogens (primary N) is 2. The van der Waals surface area contributed by atoms with Gasteiger partial charge in [-0.3, -0.25) is 9.59 Å². The molecule has 2 aliphatic carbocycles. The Labute approximate surface area is 114 Å². The zero-order valence-corrected chi connectivity index (χ0v) is 11.4. The molecular formula is C14H25N3O2. The molecule has 0 atom stereocenters. The van der Waals surface area contributed by atoms with E-state index in [4.69, 9.17) is 11.5 Å². The SMILES string of the molecule is NC(=O)C1CCC(NC(=O)C2CCC(N)CC2)CC1. The third-order valence-corrected chi connectivity index (χ3v) is 4.62. The summed E-state index contributed by atoms with van der Waals surface area (Å²) in [4.78, 5) is 23.2. The predicted octanol–water partition coefficient (Wildman–Crippen LogP) is 0.664. The highest BCUT2D eigenvalue weighted by Crippen LogP contribution is 2.26. The van der Waals surface area contributed by atoms with Crippen LogP contribution in [0.4, 0.5) is 0 Å². The summed E-state index contributed by atoms with van der Waals surface area (Å²) in [7, 11) is 0. The summed E-state index contributed by atoms with van der Waals surface area (Å²) in [5.74, 6) is 0.106. The fourth-order valence-corrected chi connectivity index (χ4v) is 3.22. The van der Waals surface area contributed by atoms with Crippen molar-refractivity contribution in [3.63, 3.8) is 0 Å². The summed E-state index contributed by atoms with van der Waals surface area (Å²) < 4.78 is 0. The van der Waals surface area contributed by atoms with Crippen LogP contribution in [0.3, 0.4) is 0 Å². The highest BCUT2D eigenvalue weighted by molar-refractivity contribution is 5.79. The molecule has 0 spiro atoms. The van der Waals surface area contributed by atoms with Gasteiger partial charge in [0.1, 0.15) is 0 Å². The molecule has 0 aromatic heterocycles. The number of nitrogens with one attached hydrogen (secondary N) is 1. The Balaban J connectivity index is 1.73. The van der Waals surface area contributed by atoms with Crippen LogP contribution in [0.25, 0.3) is 0 Å². The summed E-state index contributed by atoms with van der Waals surface area (Å²) in [5.41, 5.74) is 11.2. The molecule has 0 aromatic rings. The van der Waals surface area contributed by atoms with Gasteiger partial charge in [-0.25, -0.2) is 0 Å².